The van der Waals surface area contributed by atoms with Gasteiger partial charge in [0.2, 0.25) is 11.8 Å². The molecule has 7 nitrogen and oxygen atoms in total. The smallest absolute Gasteiger partial charge is 0.247 e. The summed E-state index contributed by atoms with van der Waals surface area (Å²) in [6, 6.07) is 19.8. The number of aryl methyl sites for hydroxylation is 1. The predicted octanol–water partition coefficient (Wildman–Crippen LogP) is 4.72. The van der Waals surface area contributed by atoms with Gasteiger partial charge in [0.1, 0.15) is 25.0 Å². The zero-order valence-corrected chi connectivity index (χ0v) is 22.3. The number of carbonyl (C=O) groups is 2. The van der Waals surface area contributed by atoms with E-state index in [1.165, 1.54) is 0 Å². The van der Waals surface area contributed by atoms with Crippen molar-refractivity contribution >= 4 is 40.7 Å². The van der Waals surface area contributed by atoms with Crippen LogP contribution in [-0.4, -0.2) is 56.1 Å². The minimum absolute atomic E-state index is 0.129. The van der Waals surface area contributed by atoms with Gasteiger partial charge in [-0.2, -0.15) is 0 Å². The minimum Gasteiger partial charge on any atom is -0.490 e. The molecule has 9 heteroatoms. The molecule has 1 atom stereocenters. The number of benzene rings is 3. The molecule has 37 heavy (non-hydrogen) atoms. The van der Waals surface area contributed by atoms with Crippen molar-refractivity contribution in [3.8, 4) is 11.5 Å². The molecule has 0 aromatic heterocycles. The Bertz CT molecular complexity index is 1210. The van der Waals surface area contributed by atoms with Gasteiger partial charge in [0, 0.05) is 25.8 Å². The number of amides is 2. The van der Waals surface area contributed by atoms with Gasteiger partial charge in [0.15, 0.2) is 5.75 Å². The molecule has 0 unspecified atom stereocenters. The summed E-state index contributed by atoms with van der Waals surface area (Å²) in [5.74, 6) is 0.750. The van der Waals surface area contributed by atoms with Crippen LogP contribution in [0.2, 0.25) is 10.0 Å². The first kappa shape index (κ1) is 26.8. The van der Waals surface area contributed by atoms with E-state index in [9.17, 15) is 9.59 Å². The monoisotopic (exact) mass is 541 g/mol. The zero-order chi connectivity index (χ0) is 26.4. The normalized spacial score (nSPS) is 15.4. The van der Waals surface area contributed by atoms with Crippen LogP contribution in [-0.2, 0) is 16.1 Å². The van der Waals surface area contributed by atoms with Crippen molar-refractivity contribution in [2.24, 2.45) is 0 Å². The summed E-state index contributed by atoms with van der Waals surface area (Å²) in [5.41, 5.74) is 2.62. The number of ether oxygens (including phenoxy) is 2. The third-order valence-electron chi connectivity index (χ3n) is 5.97. The van der Waals surface area contributed by atoms with E-state index < -0.39 is 6.04 Å². The van der Waals surface area contributed by atoms with Gasteiger partial charge in [-0.25, -0.2) is 0 Å². The Morgan fingerprint density at radius 3 is 2.35 bits per heavy atom. The number of piperazine rings is 1. The van der Waals surface area contributed by atoms with Crippen LogP contribution in [0.1, 0.15) is 11.1 Å². The molecular formula is C28H29Cl2N3O4. The van der Waals surface area contributed by atoms with E-state index in [1.807, 2.05) is 37.3 Å². The van der Waals surface area contributed by atoms with Crippen molar-refractivity contribution in [1.29, 1.82) is 0 Å². The summed E-state index contributed by atoms with van der Waals surface area (Å²) in [4.78, 5) is 29.3. The fraction of sp³-hybridized carbons (Fsp3) is 0.286. The topological polar surface area (TPSA) is 71.1 Å². The number of anilines is 1. The predicted molar refractivity (Wildman–Crippen MR) is 146 cm³/mol. The average Bonchev–Trinajstić information content (AvgIpc) is 2.88. The highest BCUT2D eigenvalue weighted by Crippen LogP contribution is 2.34. The second-order valence-electron chi connectivity index (χ2n) is 8.84. The Balaban J connectivity index is 1.36. The lowest BCUT2D eigenvalue weighted by Gasteiger charge is -2.37. The zero-order valence-electron chi connectivity index (χ0n) is 20.7. The number of likely N-dealkylation sites (N-methyl/N-ethyl adjacent to an activating group) is 1. The molecule has 4 rings (SSSR count). The molecule has 1 aliphatic heterocycles. The molecule has 0 radical (unpaired) electrons. The Kier molecular flexibility index (Phi) is 8.92. The maximum Gasteiger partial charge on any atom is 0.247 e. The molecule has 3 aromatic rings. The fourth-order valence-electron chi connectivity index (χ4n) is 4.21. The molecule has 1 heterocycles. The van der Waals surface area contributed by atoms with Crippen molar-refractivity contribution in [2.75, 3.05) is 38.3 Å². The van der Waals surface area contributed by atoms with Gasteiger partial charge in [-0.05, 0) is 54.4 Å². The van der Waals surface area contributed by atoms with Crippen molar-refractivity contribution in [3.05, 3.63) is 87.9 Å². The summed E-state index contributed by atoms with van der Waals surface area (Å²) >= 11 is 12.4. The van der Waals surface area contributed by atoms with E-state index >= 15 is 0 Å². The summed E-state index contributed by atoms with van der Waals surface area (Å²) in [7, 11) is 1.75. The number of hydrogen-bond acceptors (Lipinski definition) is 5. The van der Waals surface area contributed by atoms with E-state index in [0.717, 1.165) is 11.1 Å². The molecule has 2 amide bonds. The van der Waals surface area contributed by atoms with Crippen LogP contribution in [0, 0.1) is 6.92 Å². The molecule has 1 fully saturated rings. The van der Waals surface area contributed by atoms with E-state index in [2.05, 4.69) is 5.32 Å². The summed E-state index contributed by atoms with van der Waals surface area (Å²) in [6.07, 6.45) is 0. The standard InChI is InChI=1S/C28H29Cl2N3O4/c1-19-14-23(29)27(24(30)15-19)37-13-12-36-22-10-8-21(9-11-22)33-25(16-31-17-26(33)34)28(35)32(2)18-20-6-4-3-5-7-20/h3-11,14-15,25,31H,12-13,16-18H2,1-2H3/t25-/m1/s1. The van der Waals surface area contributed by atoms with E-state index in [0.29, 0.717) is 40.3 Å². The third kappa shape index (κ3) is 6.74. The molecule has 0 aliphatic carbocycles. The number of nitrogens with zero attached hydrogens (tertiary/aromatic N) is 2. The maximum atomic E-state index is 13.3. The lowest BCUT2D eigenvalue weighted by Crippen LogP contribution is -2.60. The van der Waals surface area contributed by atoms with Crippen molar-refractivity contribution in [3.63, 3.8) is 0 Å². The first-order chi connectivity index (χ1) is 17.8. The van der Waals surface area contributed by atoms with Crippen LogP contribution < -0.4 is 19.7 Å². The van der Waals surface area contributed by atoms with Crippen LogP contribution in [0.25, 0.3) is 0 Å². The van der Waals surface area contributed by atoms with E-state index in [-0.39, 0.29) is 31.6 Å². The third-order valence-corrected chi connectivity index (χ3v) is 6.54. The van der Waals surface area contributed by atoms with Gasteiger partial charge in [0.25, 0.3) is 0 Å². The first-order valence-electron chi connectivity index (χ1n) is 12.0. The van der Waals surface area contributed by atoms with Gasteiger partial charge in [-0.1, -0.05) is 53.5 Å². The van der Waals surface area contributed by atoms with Gasteiger partial charge >= 0.3 is 0 Å². The Labute approximate surface area is 226 Å². The minimum atomic E-state index is -0.640. The lowest BCUT2D eigenvalue weighted by atomic mass is 10.1. The van der Waals surface area contributed by atoms with Crippen LogP contribution >= 0.6 is 23.2 Å². The van der Waals surface area contributed by atoms with Gasteiger partial charge in [0.05, 0.1) is 16.6 Å². The number of nitrogens with one attached hydrogen (secondary N) is 1. The van der Waals surface area contributed by atoms with E-state index in [1.54, 1.807) is 53.2 Å². The molecule has 0 bridgehead atoms. The number of rotatable bonds is 9. The molecule has 0 saturated carbocycles. The molecule has 0 spiro atoms. The second-order valence-corrected chi connectivity index (χ2v) is 9.65. The first-order valence-corrected chi connectivity index (χ1v) is 12.7. The van der Waals surface area contributed by atoms with Crippen molar-refractivity contribution in [2.45, 2.75) is 19.5 Å². The number of hydrogen-bond donors (Lipinski definition) is 1. The molecule has 1 saturated heterocycles. The molecule has 1 aliphatic rings. The van der Waals surface area contributed by atoms with E-state index in [4.69, 9.17) is 32.7 Å². The Morgan fingerprint density at radius 2 is 1.68 bits per heavy atom. The summed E-state index contributed by atoms with van der Waals surface area (Å²) in [6.45, 7) is 3.45. The number of halogens is 2. The molecule has 3 aromatic carbocycles. The highest BCUT2D eigenvalue weighted by atomic mass is 35.5. The van der Waals surface area contributed by atoms with Crippen LogP contribution in [0.15, 0.2) is 66.7 Å². The molecular weight excluding hydrogens is 513 g/mol. The van der Waals surface area contributed by atoms with Crippen LogP contribution in [0.4, 0.5) is 5.69 Å². The largest absolute Gasteiger partial charge is 0.490 e. The lowest BCUT2D eigenvalue weighted by molar-refractivity contribution is -0.134. The van der Waals surface area contributed by atoms with Gasteiger partial charge in [-0.3, -0.25) is 14.5 Å². The number of carbonyl (C=O) groups excluding carboxylic acids is 2. The Morgan fingerprint density at radius 1 is 1.03 bits per heavy atom. The summed E-state index contributed by atoms with van der Waals surface area (Å²) < 4.78 is 11.5. The highest BCUT2D eigenvalue weighted by Gasteiger charge is 2.35. The van der Waals surface area contributed by atoms with Crippen LogP contribution in [0.5, 0.6) is 11.5 Å². The maximum absolute atomic E-state index is 13.3. The second kappa shape index (κ2) is 12.3. The van der Waals surface area contributed by atoms with Crippen LogP contribution in [0.3, 0.4) is 0 Å². The van der Waals surface area contributed by atoms with Gasteiger partial charge < -0.3 is 19.7 Å². The van der Waals surface area contributed by atoms with Gasteiger partial charge in [-0.15, -0.1) is 0 Å². The SMILES string of the molecule is Cc1cc(Cl)c(OCCOc2ccc(N3C(=O)CNC[C@@H]3C(=O)N(C)Cc3ccccc3)cc2)c(Cl)c1. The average molecular weight is 542 g/mol. The molecule has 1 N–H and O–H groups in total. The van der Waals surface area contributed by atoms with Crippen molar-refractivity contribution < 1.29 is 19.1 Å². The molecule has 194 valence electrons. The van der Waals surface area contributed by atoms with Crippen molar-refractivity contribution in [1.82, 2.24) is 10.2 Å². The Hall–Kier alpha value is -3.26. The fourth-order valence-corrected chi connectivity index (χ4v) is 4.91. The quantitative estimate of drug-likeness (QED) is 0.397. The highest BCUT2D eigenvalue weighted by molar-refractivity contribution is 6.37. The summed E-state index contributed by atoms with van der Waals surface area (Å²) in [5, 5.41) is 3.96.